The van der Waals surface area contributed by atoms with Gasteiger partial charge in [-0.1, -0.05) is 18.2 Å². The largest absolute Gasteiger partial charge is 0.360 e. The monoisotopic (exact) mass is 401 g/mol. The maximum Gasteiger partial charge on any atom is 0.194 e. The summed E-state index contributed by atoms with van der Waals surface area (Å²) in [6.45, 7) is 2.02. The van der Waals surface area contributed by atoms with E-state index in [0.29, 0.717) is 5.56 Å². The fraction of sp³-hybridized carbons (Fsp3) is 0.0435. The van der Waals surface area contributed by atoms with E-state index in [9.17, 15) is 9.18 Å². The first kappa shape index (κ1) is 17.6. The SMILES string of the molecule is Cc1cn2c(C=CC(=O)c3c[nH]c4ccccc34)c(-c3ccc(F)cc3)nc2s1. The van der Waals surface area contributed by atoms with Crippen molar-refractivity contribution >= 4 is 39.1 Å². The molecule has 4 nitrogen and oxygen atoms in total. The second-order valence-electron chi connectivity index (χ2n) is 6.79. The van der Waals surface area contributed by atoms with Crippen molar-refractivity contribution < 1.29 is 9.18 Å². The Hall–Kier alpha value is -3.51. The minimum absolute atomic E-state index is 0.0885. The third-order valence-electron chi connectivity index (χ3n) is 4.84. The molecule has 0 aliphatic heterocycles. The summed E-state index contributed by atoms with van der Waals surface area (Å²) in [5, 5.41) is 0.894. The summed E-state index contributed by atoms with van der Waals surface area (Å²) in [6.07, 6.45) is 7.09. The van der Waals surface area contributed by atoms with Crippen LogP contribution in [0.3, 0.4) is 0 Å². The Morgan fingerprint density at radius 3 is 2.79 bits per heavy atom. The van der Waals surface area contributed by atoms with Crippen molar-refractivity contribution in [3.63, 3.8) is 0 Å². The van der Waals surface area contributed by atoms with Crippen LogP contribution in [0.5, 0.6) is 0 Å². The molecule has 0 aliphatic rings. The third-order valence-corrected chi connectivity index (χ3v) is 5.74. The Balaban J connectivity index is 1.59. The Kier molecular flexibility index (Phi) is 4.14. The summed E-state index contributed by atoms with van der Waals surface area (Å²) in [5.74, 6) is -0.383. The number of fused-ring (bicyclic) bond motifs is 2. The highest BCUT2D eigenvalue weighted by Gasteiger charge is 2.15. The molecule has 2 aromatic carbocycles. The van der Waals surface area contributed by atoms with Gasteiger partial charge in [0.05, 0.1) is 11.4 Å². The maximum atomic E-state index is 13.4. The molecule has 3 heterocycles. The van der Waals surface area contributed by atoms with Crippen LogP contribution >= 0.6 is 11.3 Å². The first-order valence-corrected chi connectivity index (χ1v) is 9.95. The Morgan fingerprint density at radius 1 is 1.17 bits per heavy atom. The van der Waals surface area contributed by atoms with Crippen molar-refractivity contribution in [3.05, 3.63) is 89.0 Å². The fourth-order valence-corrected chi connectivity index (χ4v) is 4.30. The van der Waals surface area contributed by atoms with Gasteiger partial charge in [0.1, 0.15) is 5.82 Å². The molecule has 5 aromatic rings. The number of benzene rings is 2. The number of allylic oxidation sites excluding steroid dienone is 1. The molecule has 142 valence electrons. The molecule has 1 N–H and O–H groups in total. The van der Waals surface area contributed by atoms with E-state index in [-0.39, 0.29) is 11.6 Å². The highest BCUT2D eigenvalue weighted by molar-refractivity contribution is 7.17. The first-order valence-electron chi connectivity index (χ1n) is 9.13. The summed E-state index contributed by atoms with van der Waals surface area (Å²) in [6, 6.07) is 13.9. The van der Waals surface area contributed by atoms with Crippen LogP contribution in [0.1, 0.15) is 20.9 Å². The minimum atomic E-state index is -0.294. The van der Waals surface area contributed by atoms with Crippen molar-refractivity contribution in [3.8, 4) is 11.3 Å². The zero-order chi connectivity index (χ0) is 20.0. The molecule has 0 radical (unpaired) electrons. The van der Waals surface area contributed by atoms with Crippen molar-refractivity contribution in [1.82, 2.24) is 14.4 Å². The molecule has 5 rings (SSSR count). The number of aryl methyl sites for hydroxylation is 1. The van der Waals surface area contributed by atoms with Crippen molar-refractivity contribution in [2.45, 2.75) is 6.92 Å². The summed E-state index contributed by atoms with van der Waals surface area (Å²) in [7, 11) is 0. The van der Waals surface area contributed by atoms with Gasteiger partial charge in [-0.3, -0.25) is 9.20 Å². The lowest BCUT2D eigenvalue weighted by Gasteiger charge is -2.00. The smallest absolute Gasteiger partial charge is 0.194 e. The highest BCUT2D eigenvalue weighted by atomic mass is 32.1. The van der Waals surface area contributed by atoms with Crippen LogP contribution in [0.15, 0.2) is 67.0 Å². The molecule has 0 bridgehead atoms. The molecule has 0 fully saturated rings. The number of carbonyl (C=O) groups excluding carboxylic acids is 1. The van der Waals surface area contributed by atoms with E-state index in [0.717, 1.165) is 37.7 Å². The molecule has 0 unspecified atom stereocenters. The highest BCUT2D eigenvalue weighted by Crippen LogP contribution is 2.29. The number of thiazole rings is 1. The van der Waals surface area contributed by atoms with E-state index < -0.39 is 0 Å². The molecule has 0 amide bonds. The fourth-order valence-electron chi connectivity index (χ4n) is 3.47. The molecular formula is C23H16FN3OS. The second kappa shape index (κ2) is 6.83. The van der Waals surface area contributed by atoms with Gasteiger partial charge in [0, 0.05) is 39.3 Å². The number of halogens is 1. The lowest BCUT2D eigenvalue weighted by atomic mass is 10.1. The van der Waals surface area contributed by atoms with Gasteiger partial charge in [0.2, 0.25) is 0 Å². The minimum Gasteiger partial charge on any atom is -0.360 e. The van der Waals surface area contributed by atoms with E-state index in [1.54, 1.807) is 41.8 Å². The molecule has 29 heavy (non-hydrogen) atoms. The van der Waals surface area contributed by atoms with Crippen molar-refractivity contribution in [2.24, 2.45) is 0 Å². The zero-order valence-electron chi connectivity index (χ0n) is 15.5. The summed E-state index contributed by atoms with van der Waals surface area (Å²) < 4.78 is 15.3. The maximum absolute atomic E-state index is 13.4. The van der Waals surface area contributed by atoms with Gasteiger partial charge >= 0.3 is 0 Å². The van der Waals surface area contributed by atoms with E-state index in [1.807, 2.05) is 41.8 Å². The molecule has 6 heteroatoms. The molecule has 0 saturated carbocycles. The molecule has 0 aliphatic carbocycles. The van der Waals surface area contributed by atoms with Gasteiger partial charge in [-0.05, 0) is 49.4 Å². The normalized spacial score (nSPS) is 11.8. The van der Waals surface area contributed by atoms with Crippen LogP contribution in [-0.4, -0.2) is 20.2 Å². The standard InChI is InChI=1S/C23H16FN3OS/c1-14-13-27-20(22(26-23(27)29-14)15-6-8-16(24)9-7-15)10-11-21(28)18-12-25-19-5-3-2-4-17(18)19/h2-13,25H,1H3. The van der Waals surface area contributed by atoms with Crippen molar-refractivity contribution in [1.29, 1.82) is 0 Å². The number of para-hydroxylation sites is 1. The number of ketones is 1. The molecular weight excluding hydrogens is 385 g/mol. The summed E-state index contributed by atoms with van der Waals surface area (Å²) in [5.41, 5.74) is 3.88. The molecule has 0 atom stereocenters. The molecule has 0 saturated heterocycles. The Bertz CT molecular complexity index is 1390. The van der Waals surface area contributed by atoms with Gasteiger partial charge in [0.15, 0.2) is 10.7 Å². The Labute approximate surface area is 170 Å². The van der Waals surface area contributed by atoms with Gasteiger partial charge in [-0.2, -0.15) is 0 Å². The number of H-pyrrole nitrogens is 1. The molecule has 0 spiro atoms. The van der Waals surface area contributed by atoms with E-state index >= 15 is 0 Å². The van der Waals surface area contributed by atoms with Crippen LogP contribution in [0.2, 0.25) is 0 Å². The first-order chi connectivity index (χ1) is 14.1. The molecule has 3 aromatic heterocycles. The van der Waals surface area contributed by atoms with Crippen LogP contribution in [0.4, 0.5) is 4.39 Å². The van der Waals surface area contributed by atoms with E-state index in [4.69, 9.17) is 4.98 Å². The van der Waals surface area contributed by atoms with E-state index in [2.05, 4.69) is 4.98 Å². The average molecular weight is 401 g/mol. The predicted octanol–water partition coefficient (Wildman–Crippen LogP) is 5.89. The van der Waals surface area contributed by atoms with Gasteiger partial charge in [0.25, 0.3) is 0 Å². The summed E-state index contributed by atoms with van der Waals surface area (Å²) in [4.78, 5) is 22.7. The van der Waals surface area contributed by atoms with Crippen LogP contribution in [0, 0.1) is 12.7 Å². The number of hydrogen-bond donors (Lipinski definition) is 1. The van der Waals surface area contributed by atoms with Crippen molar-refractivity contribution in [2.75, 3.05) is 0 Å². The number of carbonyl (C=O) groups is 1. The number of imidazole rings is 1. The van der Waals surface area contributed by atoms with Gasteiger partial charge in [-0.25, -0.2) is 9.37 Å². The van der Waals surface area contributed by atoms with Crippen LogP contribution < -0.4 is 0 Å². The quantitative estimate of drug-likeness (QED) is 0.302. The number of aromatic amines is 1. The zero-order valence-corrected chi connectivity index (χ0v) is 16.3. The van der Waals surface area contributed by atoms with Gasteiger partial charge < -0.3 is 4.98 Å². The number of aromatic nitrogens is 3. The summed E-state index contributed by atoms with van der Waals surface area (Å²) >= 11 is 1.57. The number of hydrogen-bond acceptors (Lipinski definition) is 3. The predicted molar refractivity (Wildman–Crippen MR) is 115 cm³/mol. The van der Waals surface area contributed by atoms with Crippen LogP contribution in [-0.2, 0) is 0 Å². The lowest BCUT2D eigenvalue weighted by molar-refractivity contribution is 0.104. The number of nitrogens with zero attached hydrogens (tertiary/aromatic N) is 2. The topological polar surface area (TPSA) is 50.2 Å². The second-order valence-corrected chi connectivity index (χ2v) is 8.01. The number of rotatable bonds is 4. The van der Waals surface area contributed by atoms with E-state index in [1.165, 1.54) is 12.1 Å². The van der Waals surface area contributed by atoms with Gasteiger partial charge in [-0.15, -0.1) is 11.3 Å². The third kappa shape index (κ3) is 3.07. The average Bonchev–Trinajstić information content (AvgIpc) is 3.39. The van der Waals surface area contributed by atoms with Crippen LogP contribution in [0.25, 0.3) is 33.2 Å². The number of nitrogens with one attached hydrogen (secondary N) is 1. The Morgan fingerprint density at radius 2 is 1.97 bits per heavy atom. The lowest BCUT2D eigenvalue weighted by Crippen LogP contribution is -1.93.